The SMILES string of the molecule is CCNC(=NCc1ccc(CN2CCCCC2)cc1)NCc1c(C)nn(CCOC)c1C. The quantitative estimate of drug-likeness (QED) is 0.438. The van der Waals surface area contributed by atoms with Crippen LogP contribution in [0, 0.1) is 13.8 Å². The zero-order valence-corrected chi connectivity index (χ0v) is 20.3. The third-order valence-corrected chi connectivity index (χ3v) is 6.11. The van der Waals surface area contributed by atoms with Gasteiger partial charge in [-0.1, -0.05) is 30.7 Å². The van der Waals surface area contributed by atoms with E-state index in [0.717, 1.165) is 31.3 Å². The minimum atomic E-state index is 0.657. The summed E-state index contributed by atoms with van der Waals surface area (Å²) in [5.41, 5.74) is 6.05. The maximum Gasteiger partial charge on any atom is 0.191 e. The highest BCUT2D eigenvalue weighted by Crippen LogP contribution is 2.15. The monoisotopic (exact) mass is 440 g/mol. The number of nitrogens with zero attached hydrogens (tertiary/aromatic N) is 4. The topological polar surface area (TPSA) is 66.7 Å². The Hall–Kier alpha value is -2.38. The predicted octanol–water partition coefficient (Wildman–Crippen LogP) is 3.39. The van der Waals surface area contributed by atoms with E-state index in [4.69, 9.17) is 9.73 Å². The minimum absolute atomic E-state index is 0.657. The van der Waals surface area contributed by atoms with Gasteiger partial charge in [0.1, 0.15) is 0 Å². The Bertz CT molecular complexity index is 852. The van der Waals surface area contributed by atoms with Crippen molar-refractivity contribution in [2.24, 2.45) is 4.99 Å². The van der Waals surface area contributed by atoms with Crippen LogP contribution in [0.2, 0.25) is 0 Å². The zero-order valence-electron chi connectivity index (χ0n) is 20.3. The van der Waals surface area contributed by atoms with Crippen LogP contribution in [-0.2, 0) is 30.9 Å². The van der Waals surface area contributed by atoms with Crippen LogP contribution in [0.15, 0.2) is 29.3 Å². The van der Waals surface area contributed by atoms with E-state index in [0.29, 0.717) is 19.7 Å². The molecule has 3 rings (SSSR count). The van der Waals surface area contributed by atoms with E-state index in [2.05, 4.69) is 65.7 Å². The molecular weight excluding hydrogens is 400 g/mol. The number of guanidine groups is 1. The van der Waals surface area contributed by atoms with Gasteiger partial charge in [0, 0.05) is 38.0 Å². The van der Waals surface area contributed by atoms with Crippen LogP contribution in [0.3, 0.4) is 0 Å². The van der Waals surface area contributed by atoms with Crippen LogP contribution in [0.4, 0.5) is 0 Å². The van der Waals surface area contributed by atoms with E-state index >= 15 is 0 Å². The lowest BCUT2D eigenvalue weighted by molar-refractivity contribution is 0.182. The number of nitrogens with one attached hydrogen (secondary N) is 2. The molecule has 0 radical (unpaired) electrons. The Labute approximate surface area is 193 Å². The first-order valence-corrected chi connectivity index (χ1v) is 11.9. The van der Waals surface area contributed by atoms with Crippen molar-refractivity contribution in [2.75, 3.05) is 33.4 Å². The van der Waals surface area contributed by atoms with E-state index < -0.39 is 0 Å². The van der Waals surface area contributed by atoms with E-state index in [1.165, 1.54) is 54.7 Å². The summed E-state index contributed by atoms with van der Waals surface area (Å²) in [6.45, 7) is 13.4. The van der Waals surface area contributed by atoms with E-state index in [-0.39, 0.29) is 0 Å². The molecule has 0 amide bonds. The Morgan fingerprint density at radius 2 is 1.78 bits per heavy atom. The number of hydrogen-bond donors (Lipinski definition) is 2. The minimum Gasteiger partial charge on any atom is -0.383 e. The van der Waals surface area contributed by atoms with Gasteiger partial charge in [0.05, 0.1) is 25.4 Å². The summed E-state index contributed by atoms with van der Waals surface area (Å²) in [6, 6.07) is 8.92. The molecule has 1 aliphatic rings. The highest BCUT2D eigenvalue weighted by Gasteiger charge is 2.12. The van der Waals surface area contributed by atoms with Crippen molar-refractivity contribution in [3.8, 4) is 0 Å². The molecule has 1 aromatic carbocycles. The lowest BCUT2D eigenvalue weighted by atomic mass is 10.1. The number of ether oxygens (including phenoxy) is 1. The lowest BCUT2D eigenvalue weighted by Crippen LogP contribution is -2.37. The zero-order chi connectivity index (χ0) is 22.8. The molecule has 1 fully saturated rings. The second-order valence-electron chi connectivity index (χ2n) is 8.57. The number of aliphatic imine (C=N–C) groups is 1. The fourth-order valence-electron chi connectivity index (χ4n) is 4.20. The van der Waals surface area contributed by atoms with Crippen LogP contribution in [0.1, 0.15) is 54.3 Å². The number of aromatic nitrogens is 2. The van der Waals surface area contributed by atoms with Crippen molar-refractivity contribution >= 4 is 5.96 Å². The molecule has 0 aliphatic carbocycles. The van der Waals surface area contributed by atoms with E-state index in [9.17, 15) is 0 Å². The van der Waals surface area contributed by atoms with Crippen LogP contribution in [0.25, 0.3) is 0 Å². The molecule has 0 bridgehead atoms. The smallest absolute Gasteiger partial charge is 0.191 e. The molecule has 0 atom stereocenters. The number of methoxy groups -OCH3 is 1. The molecule has 7 nitrogen and oxygen atoms in total. The van der Waals surface area contributed by atoms with E-state index in [1.54, 1.807) is 7.11 Å². The van der Waals surface area contributed by atoms with Crippen LogP contribution >= 0.6 is 0 Å². The standard InChI is InChI=1S/C25H40N6O/c1-5-26-25(28-18-24-20(2)29-31(21(24)3)15-16-32-4)27-17-22-9-11-23(12-10-22)19-30-13-7-6-8-14-30/h9-12H,5-8,13-19H2,1-4H3,(H2,26,27,28). The predicted molar refractivity (Wildman–Crippen MR) is 131 cm³/mol. The molecule has 7 heteroatoms. The van der Waals surface area contributed by atoms with Crippen molar-refractivity contribution in [3.63, 3.8) is 0 Å². The van der Waals surface area contributed by atoms with Gasteiger partial charge >= 0.3 is 0 Å². The van der Waals surface area contributed by atoms with Crippen molar-refractivity contribution in [1.82, 2.24) is 25.3 Å². The Morgan fingerprint density at radius 1 is 1.06 bits per heavy atom. The van der Waals surface area contributed by atoms with Gasteiger partial charge in [-0.3, -0.25) is 9.58 Å². The summed E-state index contributed by atoms with van der Waals surface area (Å²) in [5.74, 6) is 0.827. The first-order chi connectivity index (χ1) is 15.6. The molecule has 0 saturated carbocycles. The summed E-state index contributed by atoms with van der Waals surface area (Å²) in [6.07, 6.45) is 4.05. The summed E-state index contributed by atoms with van der Waals surface area (Å²) in [5, 5.41) is 11.5. The Kier molecular flexibility index (Phi) is 9.56. The summed E-state index contributed by atoms with van der Waals surface area (Å²) >= 11 is 0. The third kappa shape index (κ3) is 7.07. The fourth-order valence-corrected chi connectivity index (χ4v) is 4.20. The lowest BCUT2D eigenvalue weighted by Gasteiger charge is -2.26. The van der Waals surface area contributed by atoms with Gasteiger partial charge in [0.2, 0.25) is 0 Å². The highest BCUT2D eigenvalue weighted by atomic mass is 16.5. The van der Waals surface area contributed by atoms with Crippen LogP contribution < -0.4 is 10.6 Å². The molecule has 0 spiro atoms. The number of aryl methyl sites for hydroxylation is 1. The first kappa shape index (κ1) is 24.3. The average Bonchev–Trinajstić information content (AvgIpc) is 3.08. The van der Waals surface area contributed by atoms with Gasteiger partial charge < -0.3 is 15.4 Å². The summed E-state index contributed by atoms with van der Waals surface area (Å²) < 4.78 is 7.21. The molecule has 2 heterocycles. The molecule has 0 unspecified atom stereocenters. The molecule has 2 aromatic rings. The molecule has 32 heavy (non-hydrogen) atoms. The third-order valence-electron chi connectivity index (χ3n) is 6.11. The van der Waals surface area contributed by atoms with Gasteiger partial charge in [0.15, 0.2) is 5.96 Å². The maximum absolute atomic E-state index is 5.19. The fraction of sp³-hybridized carbons (Fsp3) is 0.600. The first-order valence-electron chi connectivity index (χ1n) is 11.9. The molecule has 176 valence electrons. The largest absolute Gasteiger partial charge is 0.383 e. The highest BCUT2D eigenvalue weighted by molar-refractivity contribution is 5.79. The number of likely N-dealkylation sites (tertiary alicyclic amines) is 1. The Balaban J connectivity index is 1.56. The number of hydrogen-bond acceptors (Lipinski definition) is 4. The molecule has 2 N–H and O–H groups in total. The van der Waals surface area contributed by atoms with Crippen molar-refractivity contribution in [3.05, 3.63) is 52.3 Å². The second kappa shape index (κ2) is 12.6. The molecule has 1 aliphatic heterocycles. The van der Waals surface area contributed by atoms with Crippen molar-refractivity contribution < 1.29 is 4.74 Å². The van der Waals surface area contributed by atoms with Crippen molar-refractivity contribution in [2.45, 2.75) is 66.2 Å². The van der Waals surface area contributed by atoms with Crippen LogP contribution in [-0.4, -0.2) is 54.0 Å². The number of benzene rings is 1. The Morgan fingerprint density at radius 3 is 2.47 bits per heavy atom. The van der Waals surface area contributed by atoms with Crippen LogP contribution in [0.5, 0.6) is 0 Å². The van der Waals surface area contributed by atoms with Gasteiger partial charge in [-0.25, -0.2) is 4.99 Å². The summed E-state index contributed by atoms with van der Waals surface area (Å²) in [4.78, 5) is 7.36. The van der Waals surface area contributed by atoms with E-state index in [1.807, 2.05) is 4.68 Å². The number of piperidine rings is 1. The van der Waals surface area contributed by atoms with Gasteiger partial charge in [0.25, 0.3) is 0 Å². The van der Waals surface area contributed by atoms with Gasteiger partial charge in [-0.2, -0.15) is 5.10 Å². The molecule has 1 aromatic heterocycles. The van der Waals surface area contributed by atoms with Gasteiger partial charge in [-0.05, 0) is 57.8 Å². The summed E-state index contributed by atoms with van der Waals surface area (Å²) in [7, 11) is 1.72. The van der Waals surface area contributed by atoms with Gasteiger partial charge in [-0.15, -0.1) is 0 Å². The average molecular weight is 441 g/mol. The van der Waals surface area contributed by atoms with Crippen molar-refractivity contribution in [1.29, 1.82) is 0 Å². The maximum atomic E-state index is 5.19. The number of rotatable bonds is 10. The molecular formula is C25H40N6O. The second-order valence-corrected chi connectivity index (χ2v) is 8.57. The molecule has 1 saturated heterocycles. The normalized spacial score (nSPS) is 15.2.